The first kappa shape index (κ1) is 11.0. The highest BCUT2D eigenvalue weighted by atomic mass is 16.5. The zero-order valence-corrected chi connectivity index (χ0v) is 9.92. The van der Waals surface area contributed by atoms with Gasteiger partial charge in [-0.1, -0.05) is 48.6 Å². The van der Waals surface area contributed by atoms with Gasteiger partial charge < -0.3 is 4.74 Å². The van der Waals surface area contributed by atoms with Crippen molar-refractivity contribution in [2.75, 3.05) is 7.11 Å². The average molecular weight is 240 g/mol. The molecule has 3 aliphatic rings. The molecule has 0 aromatic rings. The molecule has 0 atom stereocenters. The Bertz CT molecular complexity index is 551. The standard InChI is InChI=1S/C15H12O3/c1-18-14(17)15-11-4-2-3-5-12(15)9-7-10(6-8-11)13(15)16/h2-10H,1H3. The van der Waals surface area contributed by atoms with Gasteiger partial charge in [0.1, 0.15) is 0 Å². The van der Waals surface area contributed by atoms with E-state index in [1.54, 1.807) is 12.2 Å². The molecule has 3 heteroatoms. The summed E-state index contributed by atoms with van der Waals surface area (Å²) in [6, 6.07) is 0. The molecule has 0 aliphatic heterocycles. The quantitative estimate of drug-likeness (QED) is 0.519. The molecule has 3 aliphatic carbocycles. The summed E-state index contributed by atoms with van der Waals surface area (Å²) in [5.41, 5.74) is 0.0896. The fraction of sp³-hybridized carbons (Fsp3) is 0.200. The lowest BCUT2D eigenvalue weighted by Gasteiger charge is -2.38. The van der Waals surface area contributed by atoms with Crippen molar-refractivity contribution in [3.8, 4) is 0 Å². The maximum absolute atomic E-state index is 12.6. The third-order valence-electron chi connectivity index (χ3n) is 3.66. The van der Waals surface area contributed by atoms with Crippen LogP contribution in [0.2, 0.25) is 0 Å². The maximum atomic E-state index is 12.6. The number of carbonyl (C=O) groups is 2. The van der Waals surface area contributed by atoms with Crippen LogP contribution in [0.3, 0.4) is 0 Å². The summed E-state index contributed by atoms with van der Waals surface area (Å²) < 4.78 is 4.89. The number of Topliss-reactive ketones (excluding diaryl/α,β-unsaturated/α-hetero) is 1. The Hall–Kier alpha value is -2.16. The van der Waals surface area contributed by atoms with Gasteiger partial charge in [0.05, 0.1) is 13.0 Å². The van der Waals surface area contributed by atoms with Crippen molar-refractivity contribution in [3.05, 3.63) is 59.8 Å². The van der Waals surface area contributed by atoms with E-state index in [1.807, 2.05) is 36.5 Å². The second-order valence-electron chi connectivity index (χ2n) is 4.48. The van der Waals surface area contributed by atoms with Gasteiger partial charge in [0.2, 0.25) is 0 Å². The lowest BCUT2D eigenvalue weighted by Crippen LogP contribution is -2.48. The van der Waals surface area contributed by atoms with E-state index in [0.29, 0.717) is 11.1 Å². The van der Waals surface area contributed by atoms with Crippen molar-refractivity contribution in [2.24, 2.45) is 11.3 Å². The molecular formula is C15H12O3. The minimum Gasteiger partial charge on any atom is -0.468 e. The first-order valence-electron chi connectivity index (χ1n) is 5.80. The van der Waals surface area contributed by atoms with Crippen LogP contribution < -0.4 is 0 Å². The van der Waals surface area contributed by atoms with Crippen LogP contribution in [-0.2, 0) is 14.3 Å². The SMILES string of the molecule is COC(=O)C12C(=O)C3C=CC1=CC=CC=C2C=C3. The van der Waals surface area contributed by atoms with Gasteiger partial charge in [-0.2, -0.15) is 0 Å². The van der Waals surface area contributed by atoms with Gasteiger partial charge in [0, 0.05) is 0 Å². The van der Waals surface area contributed by atoms with Crippen molar-refractivity contribution >= 4 is 11.8 Å². The lowest BCUT2D eigenvalue weighted by molar-refractivity contribution is -0.153. The first-order valence-corrected chi connectivity index (χ1v) is 5.80. The van der Waals surface area contributed by atoms with Crippen LogP contribution in [0.25, 0.3) is 0 Å². The average Bonchev–Trinajstić information content (AvgIpc) is 2.59. The zero-order chi connectivity index (χ0) is 12.8. The second-order valence-corrected chi connectivity index (χ2v) is 4.48. The molecule has 3 rings (SSSR count). The number of carbonyl (C=O) groups excluding carboxylic acids is 2. The normalized spacial score (nSPS) is 31.6. The number of ketones is 1. The third kappa shape index (κ3) is 1.13. The molecule has 0 amide bonds. The van der Waals surface area contributed by atoms with Gasteiger partial charge in [0.25, 0.3) is 0 Å². The van der Waals surface area contributed by atoms with E-state index in [9.17, 15) is 9.59 Å². The van der Waals surface area contributed by atoms with Crippen molar-refractivity contribution < 1.29 is 14.3 Å². The number of hydrogen-bond acceptors (Lipinski definition) is 3. The van der Waals surface area contributed by atoms with Crippen LogP contribution >= 0.6 is 0 Å². The highest BCUT2D eigenvalue weighted by molar-refractivity contribution is 6.15. The molecule has 0 saturated heterocycles. The van der Waals surface area contributed by atoms with Crippen LogP contribution in [-0.4, -0.2) is 18.9 Å². The molecule has 0 radical (unpaired) electrons. The topological polar surface area (TPSA) is 43.4 Å². The summed E-state index contributed by atoms with van der Waals surface area (Å²) in [7, 11) is 1.32. The van der Waals surface area contributed by atoms with Gasteiger partial charge in [-0.05, 0) is 11.1 Å². The predicted octanol–water partition coefficient (Wildman–Crippen LogP) is 1.89. The lowest BCUT2D eigenvalue weighted by atomic mass is 9.61. The van der Waals surface area contributed by atoms with E-state index in [2.05, 4.69) is 0 Å². The Balaban J connectivity index is 2.36. The number of esters is 1. The summed E-state index contributed by atoms with van der Waals surface area (Å²) in [5, 5.41) is 0. The number of hydrogen-bond donors (Lipinski definition) is 0. The molecule has 2 bridgehead atoms. The van der Waals surface area contributed by atoms with Crippen LogP contribution in [0.5, 0.6) is 0 Å². The van der Waals surface area contributed by atoms with Gasteiger partial charge in [0.15, 0.2) is 11.2 Å². The number of methoxy groups -OCH3 is 1. The van der Waals surface area contributed by atoms with Crippen molar-refractivity contribution in [2.45, 2.75) is 0 Å². The van der Waals surface area contributed by atoms with Crippen molar-refractivity contribution in [1.82, 2.24) is 0 Å². The smallest absolute Gasteiger partial charge is 0.328 e. The number of ether oxygens (including phenoxy) is 1. The fourth-order valence-corrected chi connectivity index (χ4v) is 2.77. The molecule has 0 unspecified atom stereocenters. The molecule has 3 nitrogen and oxygen atoms in total. The Kier molecular flexibility index (Phi) is 2.23. The number of allylic oxidation sites excluding steroid dienone is 8. The van der Waals surface area contributed by atoms with Crippen LogP contribution in [0.1, 0.15) is 0 Å². The Morgan fingerprint density at radius 3 is 2.22 bits per heavy atom. The highest BCUT2D eigenvalue weighted by Crippen LogP contribution is 2.48. The van der Waals surface area contributed by atoms with Gasteiger partial charge in [-0.25, -0.2) is 0 Å². The molecule has 90 valence electrons. The van der Waals surface area contributed by atoms with Gasteiger partial charge in [-0.15, -0.1) is 0 Å². The van der Waals surface area contributed by atoms with E-state index < -0.39 is 11.4 Å². The maximum Gasteiger partial charge on any atom is 0.328 e. The van der Waals surface area contributed by atoms with Crippen molar-refractivity contribution in [1.29, 1.82) is 0 Å². The van der Waals surface area contributed by atoms with E-state index >= 15 is 0 Å². The van der Waals surface area contributed by atoms with Crippen molar-refractivity contribution in [3.63, 3.8) is 0 Å². The van der Waals surface area contributed by atoms with Crippen LogP contribution in [0, 0.1) is 11.3 Å². The summed E-state index contributed by atoms with van der Waals surface area (Å²) in [5.74, 6) is -0.968. The fourth-order valence-electron chi connectivity index (χ4n) is 2.77. The second kappa shape index (κ2) is 3.67. The van der Waals surface area contributed by atoms with E-state index in [1.165, 1.54) is 7.11 Å². The van der Waals surface area contributed by atoms with Crippen LogP contribution in [0.4, 0.5) is 0 Å². The summed E-state index contributed by atoms with van der Waals surface area (Å²) >= 11 is 0. The Labute approximate surface area is 105 Å². The molecular weight excluding hydrogens is 228 g/mol. The molecule has 0 heterocycles. The molecule has 0 aromatic carbocycles. The molecule has 18 heavy (non-hydrogen) atoms. The summed E-state index contributed by atoms with van der Waals surface area (Å²) in [4.78, 5) is 24.8. The Morgan fingerprint density at radius 1 is 1.17 bits per heavy atom. The zero-order valence-electron chi connectivity index (χ0n) is 9.92. The number of rotatable bonds is 1. The molecule has 0 spiro atoms. The molecule has 0 fully saturated rings. The minimum atomic E-state index is -1.27. The van der Waals surface area contributed by atoms with E-state index in [4.69, 9.17) is 4.74 Å². The predicted molar refractivity (Wildman–Crippen MR) is 66.5 cm³/mol. The monoisotopic (exact) mass is 240 g/mol. The molecule has 0 aromatic heterocycles. The van der Waals surface area contributed by atoms with E-state index in [-0.39, 0.29) is 11.7 Å². The summed E-state index contributed by atoms with van der Waals surface area (Å²) in [6.45, 7) is 0. The largest absolute Gasteiger partial charge is 0.468 e. The van der Waals surface area contributed by atoms with Gasteiger partial charge >= 0.3 is 5.97 Å². The third-order valence-corrected chi connectivity index (χ3v) is 3.66. The minimum absolute atomic E-state index is 0.124. The van der Waals surface area contributed by atoms with Gasteiger partial charge in [-0.3, -0.25) is 9.59 Å². The molecule has 0 saturated carbocycles. The summed E-state index contributed by atoms with van der Waals surface area (Å²) in [6.07, 6.45) is 14.6. The number of fused-ring (bicyclic) bond motifs is 1. The highest BCUT2D eigenvalue weighted by Gasteiger charge is 2.56. The molecule has 0 N–H and O–H groups in total. The first-order chi connectivity index (χ1) is 8.71. The Morgan fingerprint density at radius 2 is 1.72 bits per heavy atom. The van der Waals surface area contributed by atoms with E-state index in [0.717, 1.165) is 0 Å². The van der Waals surface area contributed by atoms with Crippen LogP contribution in [0.15, 0.2) is 59.8 Å².